The Labute approximate surface area is 117 Å². The molecule has 0 aromatic carbocycles. The van der Waals surface area contributed by atoms with Gasteiger partial charge in [-0.1, -0.05) is 0 Å². The van der Waals surface area contributed by atoms with Gasteiger partial charge in [0, 0.05) is 12.1 Å². The second-order valence-electron chi connectivity index (χ2n) is 5.53. The Kier molecular flexibility index (Phi) is 6.98. The molecule has 0 unspecified atom stereocenters. The van der Waals surface area contributed by atoms with Gasteiger partial charge in [-0.3, -0.25) is 0 Å². The van der Waals surface area contributed by atoms with Crippen molar-refractivity contribution in [3.8, 4) is 0 Å². The fourth-order valence-electron chi connectivity index (χ4n) is 1.62. The van der Waals surface area contributed by atoms with Gasteiger partial charge in [0.05, 0.1) is 0 Å². The Morgan fingerprint density at radius 2 is 1.65 bits per heavy atom. The number of aliphatic carboxylic acids is 2. The predicted molar refractivity (Wildman–Crippen MR) is 70.3 cm³/mol. The molecule has 2 atom stereocenters. The van der Waals surface area contributed by atoms with E-state index in [9.17, 15) is 4.79 Å². The van der Waals surface area contributed by atoms with E-state index < -0.39 is 17.5 Å². The number of carbonyl (C=O) groups excluding carboxylic acids is 1. The van der Waals surface area contributed by atoms with Gasteiger partial charge in [0.2, 0.25) is 0 Å². The molecular formula is C12H22N2O6. The van der Waals surface area contributed by atoms with E-state index in [4.69, 9.17) is 30.3 Å². The van der Waals surface area contributed by atoms with Crippen LogP contribution in [0.1, 0.15) is 40.0 Å². The second kappa shape index (κ2) is 7.68. The number of hydrogen-bond acceptors (Lipinski definition) is 5. The van der Waals surface area contributed by atoms with E-state index >= 15 is 0 Å². The highest BCUT2D eigenvalue weighted by Crippen LogP contribution is 2.17. The van der Waals surface area contributed by atoms with Crippen molar-refractivity contribution in [3.63, 3.8) is 0 Å². The lowest BCUT2D eigenvalue weighted by Gasteiger charge is -2.21. The van der Waals surface area contributed by atoms with Gasteiger partial charge in [-0.2, -0.15) is 0 Å². The topological polar surface area (TPSA) is 139 Å². The molecule has 1 aliphatic rings. The lowest BCUT2D eigenvalue weighted by Crippen LogP contribution is -2.38. The van der Waals surface area contributed by atoms with Crippen LogP contribution in [0.25, 0.3) is 0 Å². The molecule has 0 saturated heterocycles. The number of carbonyl (C=O) groups is 3. The number of carboxylic acid groups (broad SMARTS) is 2. The first-order valence-corrected chi connectivity index (χ1v) is 6.22. The molecule has 5 N–H and O–H groups in total. The van der Waals surface area contributed by atoms with Crippen LogP contribution in [0, 0.1) is 0 Å². The van der Waals surface area contributed by atoms with Crippen LogP contribution in [-0.2, 0) is 14.3 Å². The quantitative estimate of drug-likeness (QED) is 0.517. The Balaban J connectivity index is 0.000000511. The average Bonchev–Trinajstić information content (AvgIpc) is 2.61. The summed E-state index contributed by atoms with van der Waals surface area (Å²) in [5.41, 5.74) is 5.31. The molecule has 0 aliphatic heterocycles. The first-order chi connectivity index (χ1) is 9.01. The standard InChI is InChI=1S/C10H20N2O2.C2H2O4/c1-10(2,3)14-9(13)12-8-5-4-7(11)6-8;3-1(4)2(5)6/h7-8H,4-6,11H2,1-3H3,(H,12,13);(H,3,4)(H,5,6)/t7-,8+;/m1./s1. The zero-order valence-electron chi connectivity index (χ0n) is 11.9. The fraction of sp³-hybridized carbons (Fsp3) is 0.750. The van der Waals surface area contributed by atoms with Crippen molar-refractivity contribution in [3.05, 3.63) is 0 Å². The number of amides is 1. The Hall–Kier alpha value is -1.83. The fourth-order valence-corrected chi connectivity index (χ4v) is 1.62. The van der Waals surface area contributed by atoms with Gasteiger partial charge in [-0.05, 0) is 40.0 Å². The molecular weight excluding hydrogens is 268 g/mol. The molecule has 1 saturated carbocycles. The van der Waals surface area contributed by atoms with E-state index in [1.807, 2.05) is 20.8 Å². The number of nitrogens with one attached hydrogen (secondary N) is 1. The largest absolute Gasteiger partial charge is 0.473 e. The average molecular weight is 290 g/mol. The zero-order valence-corrected chi connectivity index (χ0v) is 11.9. The van der Waals surface area contributed by atoms with Crippen LogP contribution in [0.15, 0.2) is 0 Å². The zero-order chi connectivity index (χ0) is 15.9. The number of rotatable bonds is 1. The number of alkyl carbamates (subject to hydrolysis) is 1. The van der Waals surface area contributed by atoms with Crippen LogP contribution in [0.2, 0.25) is 0 Å². The summed E-state index contributed by atoms with van der Waals surface area (Å²) < 4.78 is 5.14. The molecule has 0 aromatic heterocycles. The SMILES string of the molecule is CC(C)(C)OC(=O)N[C@H]1CC[C@@H](N)C1.O=C(O)C(=O)O. The summed E-state index contributed by atoms with van der Waals surface area (Å²) in [6, 6.07) is 0.426. The van der Waals surface area contributed by atoms with E-state index in [0.29, 0.717) is 0 Å². The number of hydrogen-bond donors (Lipinski definition) is 4. The molecule has 1 aliphatic carbocycles. The van der Waals surface area contributed by atoms with Gasteiger partial charge >= 0.3 is 18.0 Å². The van der Waals surface area contributed by atoms with Gasteiger partial charge in [0.15, 0.2) is 0 Å². The summed E-state index contributed by atoms with van der Waals surface area (Å²) in [6.45, 7) is 5.56. The number of nitrogens with two attached hydrogens (primary N) is 1. The van der Waals surface area contributed by atoms with Gasteiger partial charge < -0.3 is 26.0 Å². The Bertz CT molecular complexity index is 351. The third-order valence-corrected chi connectivity index (χ3v) is 2.38. The van der Waals surface area contributed by atoms with Crippen LogP contribution in [0.5, 0.6) is 0 Å². The first-order valence-electron chi connectivity index (χ1n) is 6.22. The summed E-state index contributed by atoms with van der Waals surface area (Å²) in [7, 11) is 0. The summed E-state index contributed by atoms with van der Waals surface area (Å²) >= 11 is 0. The van der Waals surface area contributed by atoms with Crippen molar-refractivity contribution >= 4 is 18.0 Å². The maximum Gasteiger partial charge on any atom is 0.414 e. The monoisotopic (exact) mass is 290 g/mol. The molecule has 0 radical (unpaired) electrons. The predicted octanol–water partition coefficient (Wildman–Crippen LogP) is 0.547. The van der Waals surface area contributed by atoms with E-state index in [1.54, 1.807) is 0 Å². The molecule has 0 bridgehead atoms. The minimum Gasteiger partial charge on any atom is -0.473 e. The second-order valence-corrected chi connectivity index (χ2v) is 5.53. The van der Waals surface area contributed by atoms with E-state index in [2.05, 4.69) is 5.32 Å². The minimum absolute atomic E-state index is 0.194. The van der Waals surface area contributed by atoms with Gasteiger partial charge in [-0.25, -0.2) is 14.4 Å². The highest BCUT2D eigenvalue weighted by molar-refractivity contribution is 6.27. The van der Waals surface area contributed by atoms with Crippen LogP contribution in [-0.4, -0.2) is 45.9 Å². The lowest BCUT2D eigenvalue weighted by molar-refractivity contribution is -0.159. The van der Waals surface area contributed by atoms with Gasteiger partial charge in [-0.15, -0.1) is 0 Å². The van der Waals surface area contributed by atoms with Gasteiger partial charge in [0.25, 0.3) is 0 Å². The maximum absolute atomic E-state index is 11.3. The third kappa shape index (κ3) is 9.15. The van der Waals surface area contributed by atoms with Crippen molar-refractivity contribution in [1.82, 2.24) is 5.32 Å². The molecule has 1 rings (SSSR count). The summed E-state index contributed by atoms with van der Waals surface area (Å²) in [5.74, 6) is -3.65. The first kappa shape index (κ1) is 18.2. The molecule has 8 heteroatoms. The summed E-state index contributed by atoms with van der Waals surface area (Å²) in [6.07, 6.45) is 2.47. The molecule has 8 nitrogen and oxygen atoms in total. The highest BCUT2D eigenvalue weighted by Gasteiger charge is 2.25. The lowest BCUT2D eigenvalue weighted by atomic mass is 10.2. The van der Waals surface area contributed by atoms with E-state index in [1.165, 1.54) is 0 Å². The van der Waals surface area contributed by atoms with Crippen LogP contribution in [0.3, 0.4) is 0 Å². The highest BCUT2D eigenvalue weighted by atomic mass is 16.6. The minimum atomic E-state index is -1.82. The number of ether oxygens (including phenoxy) is 1. The molecule has 1 amide bonds. The van der Waals surface area contributed by atoms with Crippen molar-refractivity contribution in [2.75, 3.05) is 0 Å². The van der Waals surface area contributed by atoms with Crippen molar-refractivity contribution < 1.29 is 29.3 Å². The van der Waals surface area contributed by atoms with Crippen LogP contribution in [0.4, 0.5) is 4.79 Å². The van der Waals surface area contributed by atoms with Gasteiger partial charge in [0.1, 0.15) is 5.60 Å². The Morgan fingerprint density at radius 3 is 1.95 bits per heavy atom. The van der Waals surface area contributed by atoms with Crippen molar-refractivity contribution in [2.24, 2.45) is 5.73 Å². The molecule has 0 aromatic rings. The smallest absolute Gasteiger partial charge is 0.414 e. The third-order valence-electron chi connectivity index (χ3n) is 2.38. The van der Waals surface area contributed by atoms with Crippen LogP contribution >= 0.6 is 0 Å². The van der Waals surface area contributed by atoms with Crippen LogP contribution < -0.4 is 11.1 Å². The Morgan fingerprint density at radius 1 is 1.15 bits per heavy atom. The molecule has 116 valence electrons. The molecule has 0 heterocycles. The van der Waals surface area contributed by atoms with E-state index in [-0.39, 0.29) is 18.2 Å². The van der Waals surface area contributed by atoms with E-state index in [0.717, 1.165) is 19.3 Å². The summed E-state index contributed by atoms with van der Waals surface area (Å²) in [5, 5.41) is 17.6. The maximum atomic E-state index is 11.3. The molecule has 0 spiro atoms. The molecule has 1 fully saturated rings. The number of carboxylic acids is 2. The molecule has 20 heavy (non-hydrogen) atoms. The van der Waals surface area contributed by atoms with Crippen molar-refractivity contribution in [1.29, 1.82) is 0 Å². The normalized spacial score (nSPS) is 21.4. The van der Waals surface area contributed by atoms with Crippen molar-refractivity contribution in [2.45, 2.75) is 57.7 Å². The summed E-state index contributed by atoms with van der Waals surface area (Å²) in [4.78, 5) is 29.5.